The Hall–Kier alpha value is -2.77. The number of furan rings is 1. The maximum absolute atomic E-state index is 12.4. The molecule has 0 radical (unpaired) electrons. The second kappa shape index (κ2) is 9.25. The maximum Gasteiger partial charge on any atom is 0.333 e. The highest BCUT2D eigenvalue weighted by Crippen LogP contribution is 2.19. The molecule has 1 aromatic heterocycles. The van der Waals surface area contributed by atoms with Gasteiger partial charge in [0.1, 0.15) is 11.8 Å². The van der Waals surface area contributed by atoms with Gasteiger partial charge >= 0.3 is 6.03 Å². The second-order valence-corrected chi connectivity index (χ2v) is 6.96. The molecule has 1 aromatic rings. The van der Waals surface area contributed by atoms with Crippen molar-refractivity contribution in [1.82, 2.24) is 21.1 Å². The fourth-order valence-corrected chi connectivity index (χ4v) is 3.61. The van der Waals surface area contributed by atoms with Gasteiger partial charge in [-0.25, -0.2) is 10.2 Å². The number of hydrogen-bond donors (Lipinski definition) is 3. The van der Waals surface area contributed by atoms with Crippen LogP contribution in [0, 0.1) is 0 Å². The van der Waals surface area contributed by atoms with Crippen molar-refractivity contribution in [2.75, 3.05) is 6.54 Å². The molecule has 1 saturated heterocycles. The smallest absolute Gasteiger partial charge is 0.333 e. The molecule has 0 aromatic carbocycles. The van der Waals surface area contributed by atoms with Crippen molar-refractivity contribution < 1.29 is 18.8 Å². The molecule has 8 heteroatoms. The molecule has 4 amide bonds. The zero-order valence-corrected chi connectivity index (χ0v) is 15.3. The fraction of sp³-hybridized carbons (Fsp3) is 0.526. The van der Waals surface area contributed by atoms with Crippen LogP contribution in [0.1, 0.15) is 50.7 Å². The molecule has 1 aliphatic heterocycles. The van der Waals surface area contributed by atoms with E-state index in [0.717, 1.165) is 32.1 Å². The van der Waals surface area contributed by atoms with E-state index in [4.69, 9.17) is 4.42 Å². The van der Waals surface area contributed by atoms with Gasteiger partial charge in [0, 0.05) is 18.7 Å². The zero-order valence-electron chi connectivity index (χ0n) is 15.3. The molecule has 146 valence electrons. The largest absolute Gasteiger partial charge is 0.465 e. The number of rotatable bonds is 4. The molecule has 0 unspecified atom stereocenters. The lowest BCUT2D eigenvalue weighted by Crippen LogP contribution is -2.54. The summed E-state index contributed by atoms with van der Waals surface area (Å²) in [4.78, 5) is 38.2. The molecule has 3 rings (SSSR count). The van der Waals surface area contributed by atoms with E-state index in [1.165, 1.54) is 23.7 Å². The average Bonchev–Trinajstić information content (AvgIpc) is 3.36. The molecule has 3 N–H and O–H groups in total. The quantitative estimate of drug-likeness (QED) is 0.553. The molecule has 8 nitrogen and oxygen atoms in total. The topological polar surface area (TPSA) is 104 Å². The van der Waals surface area contributed by atoms with E-state index < -0.39 is 12.1 Å². The van der Waals surface area contributed by atoms with Crippen molar-refractivity contribution in [3.8, 4) is 0 Å². The molecular formula is C19H26N4O4. The predicted octanol–water partition coefficient (Wildman–Crippen LogP) is 1.95. The standard InChI is InChI=1S/C19H26N4O4/c24-17(11-10-15-8-5-13-27-15)23-12-4-9-16(23)18(25)21-22-19(26)20-14-6-2-1-3-7-14/h5,8,10-11,13-14,16H,1-4,6-7,9,12H2,(H,21,25)(H2,20,22,26)/b11-10+/t16-/m0/s1. The minimum absolute atomic E-state index is 0.159. The Morgan fingerprint density at radius 1 is 1.07 bits per heavy atom. The molecule has 1 aliphatic carbocycles. The number of hydrazine groups is 1. The molecular weight excluding hydrogens is 348 g/mol. The van der Waals surface area contributed by atoms with Gasteiger partial charge in [-0.1, -0.05) is 19.3 Å². The Bertz CT molecular complexity index is 680. The Kier molecular flexibility index (Phi) is 6.51. The molecule has 1 atom stereocenters. The number of carbonyl (C=O) groups is 3. The lowest BCUT2D eigenvalue weighted by molar-refractivity contribution is -0.135. The summed E-state index contributed by atoms with van der Waals surface area (Å²) in [5, 5.41) is 2.87. The Morgan fingerprint density at radius 3 is 2.63 bits per heavy atom. The Morgan fingerprint density at radius 2 is 1.89 bits per heavy atom. The van der Waals surface area contributed by atoms with Crippen LogP contribution in [0.2, 0.25) is 0 Å². The first kappa shape index (κ1) is 19.0. The third kappa shape index (κ3) is 5.35. The van der Waals surface area contributed by atoms with Crippen LogP contribution in [0.5, 0.6) is 0 Å². The van der Waals surface area contributed by atoms with Crippen molar-refractivity contribution in [1.29, 1.82) is 0 Å². The summed E-state index contributed by atoms with van der Waals surface area (Å²) in [7, 11) is 0. The average molecular weight is 374 g/mol. The number of urea groups is 1. The summed E-state index contributed by atoms with van der Waals surface area (Å²) in [6, 6.07) is 2.64. The highest BCUT2D eigenvalue weighted by atomic mass is 16.3. The summed E-state index contributed by atoms with van der Waals surface area (Å²) in [6.45, 7) is 0.508. The van der Waals surface area contributed by atoms with E-state index in [-0.39, 0.29) is 17.9 Å². The van der Waals surface area contributed by atoms with E-state index in [2.05, 4.69) is 16.2 Å². The first-order valence-electron chi connectivity index (χ1n) is 9.52. The molecule has 0 bridgehead atoms. The first-order chi connectivity index (χ1) is 13.1. The van der Waals surface area contributed by atoms with Gasteiger partial charge in [-0.15, -0.1) is 0 Å². The van der Waals surface area contributed by atoms with Crippen LogP contribution in [0.3, 0.4) is 0 Å². The number of hydrogen-bond acceptors (Lipinski definition) is 4. The van der Waals surface area contributed by atoms with Crippen LogP contribution in [-0.4, -0.2) is 41.4 Å². The molecule has 0 spiro atoms. The van der Waals surface area contributed by atoms with E-state index in [0.29, 0.717) is 18.7 Å². The summed E-state index contributed by atoms with van der Waals surface area (Å²) in [5.41, 5.74) is 4.83. The maximum atomic E-state index is 12.4. The van der Waals surface area contributed by atoms with E-state index in [9.17, 15) is 14.4 Å². The third-order valence-electron chi connectivity index (χ3n) is 5.01. The number of nitrogens with zero attached hydrogens (tertiary/aromatic N) is 1. The number of amides is 4. The van der Waals surface area contributed by atoms with Gasteiger partial charge < -0.3 is 14.6 Å². The molecule has 2 aliphatic rings. The van der Waals surface area contributed by atoms with Crippen molar-refractivity contribution in [3.05, 3.63) is 30.2 Å². The summed E-state index contributed by atoms with van der Waals surface area (Å²) in [6.07, 6.45) is 11.2. The highest BCUT2D eigenvalue weighted by molar-refractivity contribution is 5.96. The molecule has 27 heavy (non-hydrogen) atoms. The second-order valence-electron chi connectivity index (χ2n) is 6.96. The third-order valence-corrected chi connectivity index (χ3v) is 5.01. The zero-order chi connectivity index (χ0) is 19.1. The highest BCUT2D eigenvalue weighted by Gasteiger charge is 2.33. The van der Waals surface area contributed by atoms with E-state index >= 15 is 0 Å². The van der Waals surface area contributed by atoms with Crippen molar-refractivity contribution in [2.45, 2.75) is 57.0 Å². The minimum atomic E-state index is -0.589. The summed E-state index contributed by atoms with van der Waals surface area (Å²) in [5.74, 6) is -0.0636. The first-order valence-corrected chi connectivity index (χ1v) is 9.52. The minimum Gasteiger partial charge on any atom is -0.465 e. The Labute approximate surface area is 158 Å². The van der Waals surface area contributed by atoms with Gasteiger partial charge in [0.25, 0.3) is 5.91 Å². The van der Waals surface area contributed by atoms with Crippen LogP contribution >= 0.6 is 0 Å². The molecule has 2 heterocycles. The molecule has 2 fully saturated rings. The number of likely N-dealkylation sites (tertiary alicyclic amines) is 1. The number of carbonyl (C=O) groups excluding carboxylic acids is 3. The van der Waals surface area contributed by atoms with Gasteiger partial charge in [-0.05, 0) is 43.9 Å². The van der Waals surface area contributed by atoms with Crippen molar-refractivity contribution in [2.24, 2.45) is 0 Å². The van der Waals surface area contributed by atoms with E-state index in [1.807, 2.05) is 0 Å². The van der Waals surface area contributed by atoms with Gasteiger partial charge in [0.2, 0.25) is 5.91 Å². The fourth-order valence-electron chi connectivity index (χ4n) is 3.61. The van der Waals surface area contributed by atoms with Crippen LogP contribution in [-0.2, 0) is 9.59 Å². The van der Waals surface area contributed by atoms with Crippen LogP contribution in [0.15, 0.2) is 28.9 Å². The normalized spacial score (nSPS) is 20.6. The van der Waals surface area contributed by atoms with Crippen LogP contribution in [0.25, 0.3) is 6.08 Å². The lowest BCUT2D eigenvalue weighted by atomic mass is 9.96. The predicted molar refractivity (Wildman–Crippen MR) is 99.2 cm³/mol. The van der Waals surface area contributed by atoms with Gasteiger partial charge in [-0.3, -0.25) is 15.0 Å². The van der Waals surface area contributed by atoms with Crippen molar-refractivity contribution in [3.63, 3.8) is 0 Å². The van der Waals surface area contributed by atoms with Crippen LogP contribution in [0.4, 0.5) is 4.79 Å². The van der Waals surface area contributed by atoms with E-state index in [1.54, 1.807) is 18.2 Å². The van der Waals surface area contributed by atoms with Gasteiger partial charge in [-0.2, -0.15) is 0 Å². The number of nitrogens with one attached hydrogen (secondary N) is 3. The summed E-state index contributed by atoms with van der Waals surface area (Å²) >= 11 is 0. The van der Waals surface area contributed by atoms with Gasteiger partial charge in [0.15, 0.2) is 0 Å². The SMILES string of the molecule is O=C(NNC(=O)[C@@H]1CCCN1C(=O)/C=C/c1ccco1)NC1CCCCC1. The lowest BCUT2D eigenvalue weighted by Gasteiger charge is -2.24. The van der Waals surface area contributed by atoms with Crippen LogP contribution < -0.4 is 16.2 Å². The monoisotopic (exact) mass is 374 g/mol. The molecule has 1 saturated carbocycles. The van der Waals surface area contributed by atoms with Crippen molar-refractivity contribution >= 4 is 23.9 Å². The Balaban J connectivity index is 1.46. The van der Waals surface area contributed by atoms with Gasteiger partial charge in [0.05, 0.1) is 6.26 Å². The summed E-state index contributed by atoms with van der Waals surface area (Å²) < 4.78 is 5.16.